The average Bonchev–Trinajstić information content (AvgIpc) is 3.33. The molecule has 3 aromatic carbocycles. The van der Waals surface area contributed by atoms with E-state index in [0.29, 0.717) is 11.4 Å². The summed E-state index contributed by atoms with van der Waals surface area (Å²) >= 11 is 0. The molecule has 2 N–H and O–H groups in total. The number of rotatable bonds is 13. The van der Waals surface area contributed by atoms with Crippen LogP contribution < -0.4 is 5.32 Å². The fourth-order valence-corrected chi connectivity index (χ4v) is 4.61. The van der Waals surface area contributed by atoms with Gasteiger partial charge in [0.05, 0.1) is 16.6 Å². The summed E-state index contributed by atoms with van der Waals surface area (Å²) in [5.41, 5.74) is 5.13. The van der Waals surface area contributed by atoms with Gasteiger partial charge in [0.1, 0.15) is 5.82 Å². The van der Waals surface area contributed by atoms with Gasteiger partial charge in [-0.25, -0.2) is 4.98 Å². The highest BCUT2D eigenvalue weighted by molar-refractivity contribution is 5.87. The summed E-state index contributed by atoms with van der Waals surface area (Å²) in [5, 5.41) is 3.62. The molecule has 0 spiro atoms. The van der Waals surface area contributed by atoms with Crippen LogP contribution in [0.15, 0.2) is 66.7 Å². The van der Waals surface area contributed by atoms with Gasteiger partial charge in [-0.2, -0.15) is 13.2 Å². The van der Waals surface area contributed by atoms with E-state index >= 15 is 0 Å². The second kappa shape index (κ2) is 13.3. The number of hydrogen-bond donors (Lipinski definition) is 2. The molecule has 0 fully saturated rings. The Hall–Kier alpha value is -3.54. The van der Waals surface area contributed by atoms with Crippen molar-refractivity contribution in [1.29, 1.82) is 0 Å². The maximum Gasteiger partial charge on any atom is 0.416 e. The zero-order valence-corrected chi connectivity index (χ0v) is 22.0. The minimum Gasteiger partial charge on any atom is -0.385 e. The second-order valence-corrected chi connectivity index (χ2v) is 9.75. The number of nitrogens with one attached hydrogen (secondary N) is 2. The number of anilines is 1. The van der Waals surface area contributed by atoms with E-state index in [1.54, 1.807) is 12.2 Å². The maximum absolute atomic E-state index is 12.8. The molecular weight excluding hydrogens is 483 g/mol. The number of para-hydroxylation sites is 1. The molecular formula is C32H36F3N3. The molecule has 0 aliphatic heterocycles. The lowest BCUT2D eigenvalue weighted by molar-refractivity contribution is -0.137. The van der Waals surface area contributed by atoms with Crippen molar-refractivity contribution in [3.05, 3.63) is 83.7 Å². The molecule has 0 saturated carbocycles. The van der Waals surface area contributed by atoms with Crippen LogP contribution in [0.4, 0.5) is 18.9 Å². The van der Waals surface area contributed by atoms with Crippen LogP contribution in [0.2, 0.25) is 0 Å². The number of benzene rings is 3. The number of hydrogen-bond acceptors (Lipinski definition) is 2. The third-order valence-corrected chi connectivity index (χ3v) is 6.76. The first-order valence-corrected chi connectivity index (χ1v) is 13.6. The monoisotopic (exact) mass is 519 g/mol. The first kappa shape index (κ1) is 27.5. The molecule has 3 nitrogen and oxygen atoms in total. The van der Waals surface area contributed by atoms with E-state index in [0.717, 1.165) is 52.9 Å². The summed E-state index contributed by atoms with van der Waals surface area (Å²) in [6, 6.07) is 19.6. The van der Waals surface area contributed by atoms with Crippen molar-refractivity contribution in [3.8, 4) is 11.1 Å². The predicted octanol–water partition coefficient (Wildman–Crippen LogP) is 9.97. The van der Waals surface area contributed by atoms with E-state index in [-0.39, 0.29) is 0 Å². The number of halogens is 3. The first-order chi connectivity index (χ1) is 18.4. The van der Waals surface area contributed by atoms with E-state index in [4.69, 9.17) is 0 Å². The van der Waals surface area contributed by atoms with E-state index < -0.39 is 11.7 Å². The van der Waals surface area contributed by atoms with Crippen molar-refractivity contribution in [3.63, 3.8) is 0 Å². The number of imidazole rings is 1. The molecule has 6 heteroatoms. The number of aromatic amines is 1. The summed E-state index contributed by atoms with van der Waals surface area (Å²) < 4.78 is 38.3. The minimum atomic E-state index is -4.33. The highest BCUT2D eigenvalue weighted by atomic mass is 19.4. The molecule has 200 valence electrons. The number of H-pyrrole nitrogens is 1. The number of fused-ring (bicyclic) bond motifs is 1. The zero-order valence-electron chi connectivity index (χ0n) is 22.0. The van der Waals surface area contributed by atoms with Gasteiger partial charge in [0.2, 0.25) is 0 Å². The molecule has 0 saturated heterocycles. The van der Waals surface area contributed by atoms with E-state index in [9.17, 15) is 13.2 Å². The van der Waals surface area contributed by atoms with Crippen molar-refractivity contribution in [2.24, 2.45) is 0 Å². The van der Waals surface area contributed by atoms with Crippen LogP contribution in [0.3, 0.4) is 0 Å². The van der Waals surface area contributed by atoms with Gasteiger partial charge in [-0.1, -0.05) is 94.3 Å². The van der Waals surface area contributed by atoms with E-state index in [2.05, 4.69) is 52.5 Å². The van der Waals surface area contributed by atoms with Crippen LogP contribution in [0.5, 0.6) is 0 Å². The van der Waals surface area contributed by atoms with Crippen molar-refractivity contribution >= 4 is 28.9 Å². The lowest BCUT2D eigenvalue weighted by Gasteiger charge is -2.12. The lowest BCUT2D eigenvalue weighted by atomic mass is 10.0. The molecule has 4 rings (SSSR count). The van der Waals surface area contributed by atoms with E-state index in [1.165, 1.54) is 57.1 Å². The van der Waals surface area contributed by atoms with Gasteiger partial charge >= 0.3 is 6.18 Å². The van der Waals surface area contributed by atoms with Crippen molar-refractivity contribution in [1.82, 2.24) is 9.97 Å². The highest BCUT2D eigenvalue weighted by Gasteiger charge is 2.29. The topological polar surface area (TPSA) is 40.7 Å². The molecule has 0 unspecified atom stereocenters. The molecule has 1 heterocycles. The number of nitrogens with zero attached hydrogens (tertiary/aromatic N) is 1. The standard InChI is InChI=1S/C32H36F3N3/c1-2-3-4-5-6-7-8-11-22-36-28-13-10-9-12-27(28)25-17-20-29-30(23-25)38-31(37-29)21-16-24-14-18-26(19-15-24)32(33,34)35/h9-10,12-21,23,36H,2-8,11,22H2,1H3,(H,37,38). The summed E-state index contributed by atoms with van der Waals surface area (Å²) in [6.45, 7) is 3.21. The molecule has 0 amide bonds. The Morgan fingerprint density at radius 2 is 1.53 bits per heavy atom. The minimum absolute atomic E-state index is 0.651. The number of aromatic nitrogens is 2. The fourth-order valence-electron chi connectivity index (χ4n) is 4.61. The van der Waals surface area contributed by atoms with Crippen molar-refractivity contribution in [2.75, 3.05) is 11.9 Å². The summed E-state index contributed by atoms with van der Waals surface area (Å²) in [6.07, 6.45) is 9.61. The number of unbranched alkanes of at least 4 members (excludes halogenated alkanes) is 7. The Balaban J connectivity index is 1.37. The molecule has 0 aliphatic carbocycles. The Bertz CT molecular complexity index is 1320. The third-order valence-electron chi connectivity index (χ3n) is 6.76. The third kappa shape index (κ3) is 7.73. The molecule has 0 aliphatic rings. The van der Waals surface area contributed by atoms with Gasteiger partial charge in [-0.05, 0) is 54.0 Å². The quantitative estimate of drug-likeness (QED) is 0.173. The second-order valence-electron chi connectivity index (χ2n) is 9.75. The van der Waals surface area contributed by atoms with Crippen LogP contribution in [-0.4, -0.2) is 16.5 Å². The Kier molecular flexibility index (Phi) is 9.63. The molecule has 0 bridgehead atoms. The fraction of sp³-hybridized carbons (Fsp3) is 0.344. The Labute approximate surface area is 223 Å². The van der Waals surface area contributed by atoms with E-state index in [1.807, 2.05) is 12.1 Å². The summed E-state index contributed by atoms with van der Waals surface area (Å²) in [4.78, 5) is 7.92. The van der Waals surface area contributed by atoms with Crippen LogP contribution >= 0.6 is 0 Å². The highest BCUT2D eigenvalue weighted by Crippen LogP contribution is 2.31. The van der Waals surface area contributed by atoms with Gasteiger partial charge in [0.25, 0.3) is 0 Å². The molecule has 1 aromatic heterocycles. The maximum atomic E-state index is 12.8. The SMILES string of the molecule is CCCCCCCCCCNc1ccccc1-c1ccc2nc(C=Cc3ccc(C(F)(F)F)cc3)[nH]c2c1. The van der Waals surface area contributed by atoms with Gasteiger partial charge in [0.15, 0.2) is 0 Å². The number of alkyl halides is 3. The summed E-state index contributed by atoms with van der Waals surface area (Å²) in [7, 11) is 0. The van der Waals surface area contributed by atoms with Crippen molar-refractivity contribution in [2.45, 2.75) is 64.5 Å². The van der Waals surface area contributed by atoms with Crippen LogP contribution in [-0.2, 0) is 6.18 Å². The first-order valence-electron chi connectivity index (χ1n) is 13.6. The van der Waals surface area contributed by atoms with Gasteiger partial charge in [-0.3, -0.25) is 0 Å². The molecule has 38 heavy (non-hydrogen) atoms. The molecule has 0 atom stereocenters. The van der Waals surface area contributed by atoms with Crippen LogP contribution in [0.1, 0.15) is 75.2 Å². The predicted molar refractivity (Wildman–Crippen MR) is 153 cm³/mol. The van der Waals surface area contributed by atoms with Crippen LogP contribution in [0, 0.1) is 0 Å². The lowest BCUT2D eigenvalue weighted by Crippen LogP contribution is -2.03. The normalized spacial score (nSPS) is 12.0. The Morgan fingerprint density at radius 1 is 0.816 bits per heavy atom. The average molecular weight is 520 g/mol. The summed E-state index contributed by atoms with van der Waals surface area (Å²) in [5.74, 6) is 0.651. The van der Waals surface area contributed by atoms with Crippen LogP contribution in [0.25, 0.3) is 34.3 Å². The van der Waals surface area contributed by atoms with Gasteiger partial charge in [0, 0.05) is 17.8 Å². The smallest absolute Gasteiger partial charge is 0.385 e. The molecule has 0 radical (unpaired) electrons. The molecule has 4 aromatic rings. The van der Waals surface area contributed by atoms with Gasteiger partial charge in [-0.15, -0.1) is 0 Å². The zero-order chi connectivity index (χ0) is 26.8. The Morgan fingerprint density at radius 3 is 2.26 bits per heavy atom. The van der Waals surface area contributed by atoms with Gasteiger partial charge < -0.3 is 10.3 Å². The van der Waals surface area contributed by atoms with Crippen molar-refractivity contribution < 1.29 is 13.2 Å². The largest absolute Gasteiger partial charge is 0.416 e.